The quantitative estimate of drug-likeness (QED) is 0.405. The van der Waals surface area contributed by atoms with Crippen molar-refractivity contribution in [2.75, 3.05) is 5.73 Å². The van der Waals surface area contributed by atoms with Crippen LogP contribution in [-0.2, 0) is 14.1 Å². The van der Waals surface area contributed by atoms with Crippen molar-refractivity contribution in [1.29, 1.82) is 0 Å². The summed E-state index contributed by atoms with van der Waals surface area (Å²) in [5.74, 6) is -0.402. The predicted octanol–water partition coefficient (Wildman–Crippen LogP) is 3.89. The molecule has 0 aliphatic heterocycles. The molecule has 4 aromatic heterocycles. The lowest BCUT2D eigenvalue weighted by Gasteiger charge is -2.12. The number of benzene rings is 1. The number of anilines is 1. The molecule has 0 radical (unpaired) electrons. The first-order valence-electron chi connectivity index (χ1n) is 9.95. The zero-order valence-electron chi connectivity index (χ0n) is 17.7. The molecular weight excluding hydrogens is 442 g/mol. The Morgan fingerprint density at radius 2 is 1.94 bits per heavy atom. The summed E-state index contributed by atoms with van der Waals surface area (Å²) in [4.78, 5) is 26.3. The molecule has 0 spiro atoms. The zero-order valence-corrected chi connectivity index (χ0v) is 18.5. The number of carbonyl (C=O) groups is 1. The molecule has 0 amide bonds. The molecule has 0 bridgehead atoms. The van der Waals surface area contributed by atoms with Crippen LogP contribution in [0.1, 0.15) is 10.5 Å². The third kappa shape index (κ3) is 3.90. The van der Waals surface area contributed by atoms with Crippen LogP contribution < -0.4 is 10.5 Å². The number of rotatable bonds is 4. The molecule has 0 unspecified atom stereocenters. The molecule has 4 heterocycles. The highest BCUT2D eigenvalue weighted by Gasteiger charge is 2.23. The van der Waals surface area contributed by atoms with E-state index in [-0.39, 0.29) is 11.5 Å². The van der Waals surface area contributed by atoms with Gasteiger partial charge in [-0.3, -0.25) is 9.67 Å². The van der Waals surface area contributed by atoms with Crippen molar-refractivity contribution in [3.63, 3.8) is 0 Å². The van der Waals surface area contributed by atoms with Crippen molar-refractivity contribution in [2.45, 2.75) is 0 Å². The van der Waals surface area contributed by atoms with Crippen LogP contribution in [0, 0.1) is 0 Å². The van der Waals surface area contributed by atoms with E-state index in [2.05, 4.69) is 20.1 Å². The second-order valence-corrected chi connectivity index (χ2v) is 7.87. The summed E-state index contributed by atoms with van der Waals surface area (Å²) in [5.41, 5.74) is 8.72. The summed E-state index contributed by atoms with van der Waals surface area (Å²) < 4.78 is 8.85. The van der Waals surface area contributed by atoms with Gasteiger partial charge in [-0.2, -0.15) is 5.10 Å². The number of hydrogen-bond donors (Lipinski definition) is 1. The van der Waals surface area contributed by atoms with E-state index in [0.29, 0.717) is 38.9 Å². The molecule has 0 atom stereocenters. The predicted molar refractivity (Wildman–Crippen MR) is 125 cm³/mol. The molecule has 0 saturated heterocycles. The number of pyridine rings is 1. The Labute approximate surface area is 193 Å². The van der Waals surface area contributed by atoms with Crippen molar-refractivity contribution in [3.8, 4) is 28.4 Å². The molecule has 10 heteroatoms. The number of nitrogens with zero attached hydrogens (tertiary/aromatic N) is 6. The van der Waals surface area contributed by atoms with Crippen molar-refractivity contribution in [2.24, 2.45) is 14.1 Å². The number of ether oxygens (including phenoxy) is 1. The van der Waals surface area contributed by atoms with Crippen LogP contribution in [0.15, 0.2) is 61.2 Å². The van der Waals surface area contributed by atoms with Gasteiger partial charge < -0.3 is 15.0 Å². The minimum Gasteiger partial charge on any atom is -0.420 e. The lowest BCUT2D eigenvalue weighted by molar-refractivity contribution is 0.0729. The highest BCUT2D eigenvalue weighted by Crippen LogP contribution is 2.34. The second-order valence-electron chi connectivity index (χ2n) is 7.46. The molecule has 0 fully saturated rings. The van der Waals surface area contributed by atoms with E-state index in [9.17, 15) is 4.79 Å². The summed E-state index contributed by atoms with van der Waals surface area (Å²) in [7, 11) is 3.62. The largest absolute Gasteiger partial charge is 0.420 e. The van der Waals surface area contributed by atoms with Crippen LogP contribution in [-0.4, -0.2) is 35.3 Å². The lowest BCUT2D eigenvalue weighted by Crippen LogP contribution is -2.16. The maximum Gasteiger partial charge on any atom is 0.366 e. The fourth-order valence-electron chi connectivity index (χ4n) is 3.50. The molecule has 5 rings (SSSR count). The van der Waals surface area contributed by atoms with E-state index in [1.807, 2.05) is 25.2 Å². The Bertz CT molecular complexity index is 1520. The molecule has 33 heavy (non-hydrogen) atoms. The number of hydrogen-bond acceptors (Lipinski definition) is 7. The molecule has 5 aromatic rings. The van der Waals surface area contributed by atoms with Gasteiger partial charge >= 0.3 is 5.97 Å². The van der Waals surface area contributed by atoms with Gasteiger partial charge in [0.25, 0.3) is 0 Å². The van der Waals surface area contributed by atoms with Crippen molar-refractivity contribution in [3.05, 3.63) is 71.9 Å². The van der Waals surface area contributed by atoms with E-state index >= 15 is 0 Å². The van der Waals surface area contributed by atoms with Crippen LogP contribution in [0.25, 0.3) is 33.5 Å². The minimum atomic E-state index is -0.714. The first-order valence-corrected chi connectivity index (χ1v) is 10.3. The van der Waals surface area contributed by atoms with Gasteiger partial charge in [-0.1, -0.05) is 17.7 Å². The number of nitrogen functional groups attached to an aromatic ring is 1. The van der Waals surface area contributed by atoms with E-state index in [4.69, 9.17) is 22.1 Å². The van der Waals surface area contributed by atoms with E-state index < -0.39 is 5.97 Å². The number of aryl methyl sites for hydroxylation is 2. The first kappa shape index (κ1) is 20.7. The van der Waals surface area contributed by atoms with Crippen LogP contribution in [0.5, 0.6) is 5.75 Å². The van der Waals surface area contributed by atoms with Crippen molar-refractivity contribution >= 4 is 34.3 Å². The van der Waals surface area contributed by atoms with Gasteiger partial charge in [0.05, 0.1) is 16.2 Å². The van der Waals surface area contributed by atoms with Crippen LogP contribution in [0.4, 0.5) is 5.82 Å². The molecular formula is C23H18ClN7O2. The molecule has 1 aromatic carbocycles. The normalized spacial score (nSPS) is 11.1. The highest BCUT2D eigenvalue weighted by molar-refractivity contribution is 6.35. The van der Waals surface area contributed by atoms with Gasteiger partial charge in [0.1, 0.15) is 17.1 Å². The molecule has 0 aliphatic carbocycles. The van der Waals surface area contributed by atoms with Crippen molar-refractivity contribution < 1.29 is 9.53 Å². The van der Waals surface area contributed by atoms with E-state index in [1.165, 1.54) is 0 Å². The van der Waals surface area contributed by atoms with Gasteiger partial charge in [0.2, 0.25) is 0 Å². The van der Waals surface area contributed by atoms with Gasteiger partial charge in [-0.15, -0.1) is 0 Å². The third-order valence-corrected chi connectivity index (χ3v) is 5.31. The molecule has 9 nitrogen and oxygen atoms in total. The number of nitrogens with two attached hydrogens (primary N) is 1. The maximum atomic E-state index is 12.9. The highest BCUT2D eigenvalue weighted by atomic mass is 35.5. The van der Waals surface area contributed by atoms with Gasteiger partial charge in [0, 0.05) is 49.8 Å². The number of carbonyl (C=O) groups excluding carboxylic acids is 1. The Hall–Kier alpha value is -4.24. The fraction of sp³-hybridized carbons (Fsp3) is 0.0870. The number of halogens is 1. The van der Waals surface area contributed by atoms with Gasteiger partial charge in [-0.25, -0.2) is 14.8 Å². The van der Waals surface area contributed by atoms with Crippen LogP contribution >= 0.6 is 11.6 Å². The molecule has 0 aliphatic rings. The number of fused-ring (bicyclic) bond motifs is 1. The Morgan fingerprint density at radius 3 is 2.67 bits per heavy atom. The lowest BCUT2D eigenvalue weighted by atomic mass is 10.0. The molecule has 164 valence electrons. The maximum absolute atomic E-state index is 12.9. The first-order chi connectivity index (χ1) is 15.9. The average molecular weight is 460 g/mol. The Kier molecular flexibility index (Phi) is 5.02. The number of esters is 1. The van der Waals surface area contributed by atoms with Gasteiger partial charge in [0.15, 0.2) is 11.5 Å². The summed E-state index contributed by atoms with van der Waals surface area (Å²) >= 11 is 6.51. The SMILES string of the molecule is Cn1ccc(OC(=O)c2nc(-c3cc(Cl)c4ncccc4c3)c(-c3ccn(C)n3)nc2N)c1. The standard InChI is InChI=1S/C23H18ClN7O2/c1-30-8-5-15(12-30)33-23(32)21-22(25)28-20(17-6-9-31(2)29-17)19(27-21)14-10-13-4-3-7-26-18(13)16(24)11-14/h3-12H,1-2H3,(H2,25,28). The third-order valence-electron chi connectivity index (χ3n) is 5.02. The summed E-state index contributed by atoms with van der Waals surface area (Å²) in [5, 5.41) is 5.70. The minimum absolute atomic E-state index is 0.0612. The summed E-state index contributed by atoms with van der Waals surface area (Å²) in [6.45, 7) is 0. The zero-order chi connectivity index (χ0) is 23.1. The summed E-state index contributed by atoms with van der Waals surface area (Å²) in [6.07, 6.45) is 6.89. The summed E-state index contributed by atoms with van der Waals surface area (Å²) in [6, 6.07) is 10.8. The van der Waals surface area contributed by atoms with Crippen molar-refractivity contribution in [1.82, 2.24) is 29.3 Å². The Morgan fingerprint density at radius 1 is 1.09 bits per heavy atom. The topological polar surface area (TPSA) is 114 Å². The molecule has 0 saturated carbocycles. The van der Waals surface area contributed by atoms with Gasteiger partial charge in [-0.05, 0) is 30.3 Å². The van der Waals surface area contributed by atoms with Crippen LogP contribution in [0.3, 0.4) is 0 Å². The van der Waals surface area contributed by atoms with Crippen LogP contribution in [0.2, 0.25) is 5.02 Å². The average Bonchev–Trinajstić information content (AvgIpc) is 3.41. The monoisotopic (exact) mass is 459 g/mol. The fourth-order valence-corrected chi connectivity index (χ4v) is 3.77. The molecule has 2 N–H and O–H groups in total. The van der Waals surface area contributed by atoms with E-state index in [1.54, 1.807) is 59.3 Å². The second kappa shape index (κ2) is 8.03. The van der Waals surface area contributed by atoms with E-state index in [0.717, 1.165) is 5.39 Å². The Balaban J connectivity index is 1.69. The number of aromatic nitrogens is 6. The smallest absolute Gasteiger partial charge is 0.366 e.